The van der Waals surface area contributed by atoms with Crippen LogP contribution in [0.1, 0.15) is 50.5 Å². The highest BCUT2D eigenvalue weighted by Gasteiger charge is 2.22. The lowest BCUT2D eigenvalue weighted by molar-refractivity contribution is 0.0470. The van der Waals surface area contributed by atoms with Crippen molar-refractivity contribution < 1.29 is 23.8 Å². The van der Waals surface area contributed by atoms with Crippen LogP contribution in [0.15, 0.2) is 54.6 Å². The number of halogens is 1. The molecule has 3 aromatic rings. The molecule has 4 rings (SSSR count). The van der Waals surface area contributed by atoms with Gasteiger partial charge in [-0.05, 0) is 51.0 Å². The molecule has 1 atom stereocenters. The average molecular weight is 482 g/mol. The fraction of sp³-hybridized carbons (Fsp3) is 0.333. The first-order chi connectivity index (χ1) is 16.4. The standard InChI is InChI=1S/C27H28ClNO5/c1-18-14-23(19(2)29(18)15-21-9-7-13-32-21)25(30)17-34-27(31)22-10-4-6-12-26(22)33-16-20-8-3-5-11-24(20)28/h3-6,8,10-12,14,21H,7,9,13,15-17H2,1-2H3/t21-/m0/s1. The maximum Gasteiger partial charge on any atom is 0.342 e. The zero-order valence-corrected chi connectivity index (χ0v) is 20.1. The van der Waals surface area contributed by atoms with Crippen molar-refractivity contribution in [2.45, 2.75) is 45.9 Å². The lowest BCUT2D eigenvalue weighted by atomic mass is 10.1. The van der Waals surface area contributed by atoms with Crippen LogP contribution in [0.2, 0.25) is 5.02 Å². The van der Waals surface area contributed by atoms with Crippen LogP contribution in [0.4, 0.5) is 0 Å². The Bertz CT molecular complexity index is 1180. The van der Waals surface area contributed by atoms with Gasteiger partial charge in [0.25, 0.3) is 0 Å². The van der Waals surface area contributed by atoms with Crippen molar-refractivity contribution in [3.63, 3.8) is 0 Å². The third kappa shape index (κ3) is 5.51. The predicted octanol–water partition coefficient (Wildman–Crippen LogP) is 5.56. The van der Waals surface area contributed by atoms with Gasteiger partial charge in [-0.2, -0.15) is 0 Å². The topological polar surface area (TPSA) is 66.8 Å². The number of ketones is 1. The summed E-state index contributed by atoms with van der Waals surface area (Å²) in [6.07, 6.45) is 2.26. The molecule has 1 aromatic heterocycles. The van der Waals surface area contributed by atoms with E-state index in [1.165, 1.54) is 0 Å². The fourth-order valence-electron chi connectivity index (χ4n) is 4.18. The second kappa shape index (κ2) is 10.9. The highest BCUT2D eigenvalue weighted by Crippen LogP contribution is 2.24. The van der Waals surface area contributed by atoms with Crippen molar-refractivity contribution >= 4 is 23.4 Å². The maximum absolute atomic E-state index is 12.9. The average Bonchev–Trinajstić information content (AvgIpc) is 3.46. The van der Waals surface area contributed by atoms with Crippen LogP contribution in [0, 0.1) is 13.8 Å². The molecule has 0 aliphatic carbocycles. The van der Waals surface area contributed by atoms with E-state index in [0.29, 0.717) is 16.3 Å². The maximum atomic E-state index is 12.9. The van der Waals surface area contributed by atoms with Crippen molar-refractivity contribution in [1.82, 2.24) is 4.57 Å². The zero-order chi connectivity index (χ0) is 24.1. The minimum Gasteiger partial charge on any atom is -0.488 e. The van der Waals surface area contributed by atoms with Crippen molar-refractivity contribution in [2.75, 3.05) is 13.2 Å². The summed E-state index contributed by atoms with van der Waals surface area (Å²) in [4.78, 5) is 25.6. The number of carbonyl (C=O) groups excluding carboxylic acids is 2. The summed E-state index contributed by atoms with van der Waals surface area (Å²) in [6.45, 7) is 5.25. The largest absolute Gasteiger partial charge is 0.488 e. The number of hydrogen-bond donors (Lipinski definition) is 0. The Balaban J connectivity index is 1.39. The molecule has 0 N–H and O–H groups in total. The fourth-order valence-corrected chi connectivity index (χ4v) is 4.37. The number of aryl methyl sites for hydroxylation is 1. The van der Waals surface area contributed by atoms with Gasteiger partial charge in [-0.1, -0.05) is 41.9 Å². The number of aromatic nitrogens is 1. The van der Waals surface area contributed by atoms with Crippen LogP contribution in [0.3, 0.4) is 0 Å². The molecule has 0 bridgehead atoms. The van der Waals surface area contributed by atoms with Crippen LogP contribution in [-0.4, -0.2) is 35.6 Å². The Morgan fingerprint density at radius 1 is 1.09 bits per heavy atom. The molecule has 2 aromatic carbocycles. The van der Waals surface area contributed by atoms with Crippen molar-refractivity contribution in [1.29, 1.82) is 0 Å². The SMILES string of the molecule is Cc1cc(C(=O)COC(=O)c2ccccc2OCc2ccccc2Cl)c(C)n1C[C@@H]1CCCO1. The molecular weight excluding hydrogens is 454 g/mol. The third-order valence-electron chi connectivity index (χ3n) is 6.07. The van der Waals surface area contributed by atoms with Crippen LogP contribution in [-0.2, 0) is 22.6 Å². The second-order valence-corrected chi connectivity index (χ2v) is 8.81. The number of para-hydroxylation sites is 1. The molecular formula is C27H28ClNO5. The van der Waals surface area contributed by atoms with E-state index in [2.05, 4.69) is 4.57 Å². The molecule has 1 aliphatic heterocycles. The van der Waals surface area contributed by atoms with Crippen molar-refractivity contribution in [3.8, 4) is 5.75 Å². The van der Waals surface area contributed by atoms with E-state index < -0.39 is 5.97 Å². The smallest absolute Gasteiger partial charge is 0.342 e. The molecule has 1 aliphatic rings. The molecule has 0 amide bonds. The number of hydrogen-bond acceptors (Lipinski definition) is 5. The summed E-state index contributed by atoms with van der Waals surface area (Å²) in [6, 6.07) is 16.0. The summed E-state index contributed by atoms with van der Waals surface area (Å²) < 4.78 is 19.0. The highest BCUT2D eigenvalue weighted by atomic mass is 35.5. The minimum absolute atomic E-state index is 0.174. The summed E-state index contributed by atoms with van der Waals surface area (Å²) in [7, 11) is 0. The van der Waals surface area contributed by atoms with Gasteiger partial charge in [-0.15, -0.1) is 0 Å². The number of nitrogens with zero attached hydrogens (tertiary/aromatic N) is 1. The van der Waals surface area contributed by atoms with Gasteiger partial charge in [0.05, 0.1) is 6.10 Å². The number of Topliss-reactive ketones (excluding diaryl/α,β-unsaturated/α-hetero) is 1. The zero-order valence-electron chi connectivity index (χ0n) is 19.4. The van der Waals surface area contributed by atoms with E-state index in [4.69, 9.17) is 25.8 Å². The Hall–Kier alpha value is -3.09. The normalized spacial score (nSPS) is 15.3. The number of esters is 1. The Labute approximate surface area is 204 Å². The minimum atomic E-state index is -0.615. The van der Waals surface area contributed by atoms with Crippen LogP contribution in [0.5, 0.6) is 5.75 Å². The van der Waals surface area contributed by atoms with E-state index in [1.54, 1.807) is 30.3 Å². The second-order valence-electron chi connectivity index (χ2n) is 8.41. The van der Waals surface area contributed by atoms with Gasteiger partial charge in [0.2, 0.25) is 5.78 Å². The molecule has 7 heteroatoms. The third-order valence-corrected chi connectivity index (χ3v) is 6.44. The van der Waals surface area contributed by atoms with Gasteiger partial charge < -0.3 is 18.8 Å². The molecule has 0 saturated carbocycles. The van der Waals surface area contributed by atoms with Crippen LogP contribution >= 0.6 is 11.6 Å². The Morgan fingerprint density at radius 2 is 1.85 bits per heavy atom. The summed E-state index contributed by atoms with van der Waals surface area (Å²) in [5, 5.41) is 0.588. The van der Waals surface area contributed by atoms with Crippen LogP contribution < -0.4 is 4.74 Å². The summed E-state index contributed by atoms with van der Waals surface area (Å²) in [5.41, 5.74) is 3.47. The van der Waals surface area contributed by atoms with Gasteiger partial charge in [-0.3, -0.25) is 4.79 Å². The molecule has 34 heavy (non-hydrogen) atoms. The first kappa shape index (κ1) is 24.0. The van der Waals surface area contributed by atoms with E-state index in [1.807, 2.05) is 38.1 Å². The lowest BCUT2D eigenvalue weighted by Crippen LogP contribution is -2.18. The molecule has 6 nitrogen and oxygen atoms in total. The van der Waals surface area contributed by atoms with E-state index in [0.717, 1.165) is 42.9 Å². The van der Waals surface area contributed by atoms with Gasteiger partial charge in [0, 0.05) is 40.7 Å². The number of ether oxygens (including phenoxy) is 3. The van der Waals surface area contributed by atoms with Gasteiger partial charge >= 0.3 is 5.97 Å². The molecule has 0 spiro atoms. The Morgan fingerprint density at radius 3 is 2.62 bits per heavy atom. The Kier molecular flexibility index (Phi) is 7.70. The van der Waals surface area contributed by atoms with Gasteiger partial charge in [-0.25, -0.2) is 4.79 Å². The molecule has 2 heterocycles. The molecule has 1 fully saturated rings. The van der Waals surface area contributed by atoms with Crippen LogP contribution in [0.25, 0.3) is 0 Å². The summed E-state index contributed by atoms with van der Waals surface area (Å²) in [5.74, 6) is -0.486. The van der Waals surface area contributed by atoms with Crippen molar-refractivity contribution in [3.05, 3.63) is 87.7 Å². The van der Waals surface area contributed by atoms with Gasteiger partial charge in [0.15, 0.2) is 6.61 Å². The number of rotatable bonds is 9. The lowest BCUT2D eigenvalue weighted by Gasteiger charge is -2.15. The monoisotopic (exact) mass is 481 g/mol. The summed E-state index contributed by atoms with van der Waals surface area (Å²) >= 11 is 6.19. The number of carbonyl (C=O) groups is 2. The predicted molar refractivity (Wildman–Crippen MR) is 130 cm³/mol. The van der Waals surface area contributed by atoms with Crippen molar-refractivity contribution in [2.24, 2.45) is 0 Å². The molecule has 178 valence electrons. The van der Waals surface area contributed by atoms with E-state index >= 15 is 0 Å². The molecule has 1 saturated heterocycles. The molecule has 0 radical (unpaired) electrons. The highest BCUT2D eigenvalue weighted by molar-refractivity contribution is 6.31. The van der Waals surface area contributed by atoms with Gasteiger partial charge in [0.1, 0.15) is 17.9 Å². The first-order valence-corrected chi connectivity index (χ1v) is 11.8. The first-order valence-electron chi connectivity index (χ1n) is 11.4. The quantitative estimate of drug-likeness (QED) is 0.296. The number of benzene rings is 2. The van der Waals surface area contributed by atoms with E-state index in [-0.39, 0.29) is 30.7 Å². The van der Waals surface area contributed by atoms with E-state index in [9.17, 15) is 9.59 Å². The molecule has 0 unspecified atom stereocenters.